The van der Waals surface area contributed by atoms with E-state index < -0.39 is 0 Å². The zero-order valence-corrected chi connectivity index (χ0v) is 13.0. The van der Waals surface area contributed by atoms with Gasteiger partial charge in [-0.15, -0.1) is 0 Å². The Morgan fingerprint density at radius 1 is 1.14 bits per heavy atom. The lowest BCUT2D eigenvalue weighted by Gasteiger charge is -2.24. The number of benzene rings is 1. The van der Waals surface area contributed by atoms with Gasteiger partial charge >= 0.3 is 0 Å². The molecule has 0 amide bonds. The molecule has 3 rings (SSSR count). The van der Waals surface area contributed by atoms with Gasteiger partial charge in [-0.05, 0) is 63.0 Å². The first-order valence-electron chi connectivity index (χ1n) is 8.08. The van der Waals surface area contributed by atoms with E-state index >= 15 is 0 Å². The molecule has 2 aliphatic heterocycles. The smallest absolute Gasteiger partial charge is 0.119 e. The van der Waals surface area contributed by atoms with Crippen molar-refractivity contribution < 1.29 is 9.47 Å². The lowest BCUT2D eigenvalue weighted by molar-refractivity contribution is 0.189. The highest BCUT2D eigenvalue weighted by molar-refractivity contribution is 5.31. The average molecular weight is 290 g/mol. The molecule has 4 heteroatoms. The van der Waals surface area contributed by atoms with E-state index in [1.807, 2.05) is 31.2 Å². The van der Waals surface area contributed by atoms with E-state index in [4.69, 9.17) is 9.47 Å². The highest BCUT2D eigenvalue weighted by atomic mass is 16.5. The van der Waals surface area contributed by atoms with Crippen LogP contribution in [0.2, 0.25) is 0 Å². The molecular formula is C17H26N2O2. The number of rotatable bonds is 6. The summed E-state index contributed by atoms with van der Waals surface area (Å²) < 4.78 is 11.3. The zero-order valence-electron chi connectivity index (χ0n) is 13.0. The SMILES string of the molecule is CCOc1ccc(OCCN2CC3CNCC3C2C)cc1. The van der Waals surface area contributed by atoms with Crippen molar-refractivity contribution in [2.75, 3.05) is 39.4 Å². The van der Waals surface area contributed by atoms with Crippen LogP contribution >= 0.6 is 0 Å². The number of hydrogen-bond donors (Lipinski definition) is 1. The summed E-state index contributed by atoms with van der Waals surface area (Å²) in [5.41, 5.74) is 0. The van der Waals surface area contributed by atoms with E-state index in [9.17, 15) is 0 Å². The molecule has 3 unspecified atom stereocenters. The van der Waals surface area contributed by atoms with Crippen LogP contribution in [0.3, 0.4) is 0 Å². The molecule has 2 fully saturated rings. The van der Waals surface area contributed by atoms with Crippen molar-refractivity contribution in [1.82, 2.24) is 10.2 Å². The molecule has 0 bridgehead atoms. The van der Waals surface area contributed by atoms with Gasteiger partial charge in [-0.2, -0.15) is 0 Å². The van der Waals surface area contributed by atoms with Gasteiger partial charge in [-0.25, -0.2) is 0 Å². The van der Waals surface area contributed by atoms with Crippen LogP contribution in [-0.4, -0.2) is 50.3 Å². The Morgan fingerprint density at radius 2 is 1.86 bits per heavy atom. The summed E-state index contributed by atoms with van der Waals surface area (Å²) in [6.07, 6.45) is 0. The number of fused-ring (bicyclic) bond motifs is 1. The van der Waals surface area contributed by atoms with E-state index in [0.29, 0.717) is 12.6 Å². The fourth-order valence-corrected chi connectivity index (χ4v) is 3.63. The second kappa shape index (κ2) is 6.67. The number of likely N-dealkylation sites (tertiary alicyclic amines) is 1. The maximum atomic E-state index is 5.86. The average Bonchev–Trinajstić information content (AvgIpc) is 3.05. The van der Waals surface area contributed by atoms with Crippen LogP contribution in [0.5, 0.6) is 11.5 Å². The third-order valence-corrected chi connectivity index (χ3v) is 4.84. The van der Waals surface area contributed by atoms with Gasteiger partial charge in [0, 0.05) is 19.1 Å². The van der Waals surface area contributed by atoms with Crippen molar-refractivity contribution in [3.8, 4) is 11.5 Å². The third kappa shape index (κ3) is 3.33. The first kappa shape index (κ1) is 14.7. The summed E-state index contributed by atoms with van der Waals surface area (Å²) in [5, 5.41) is 3.50. The van der Waals surface area contributed by atoms with E-state index in [1.54, 1.807) is 0 Å². The molecule has 21 heavy (non-hydrogen) atoms. The lowest BCUT2D eigenvalue weighted by Crippen LogP contribution is -2.36. The molecule has 1 aromatic carbocycles. The second-order valence-electron chi connectivity index (χ2n) is 6.07. The van der Waals surface area contributed by atoms with Crippen molar-refractivity contribution in [2.24, 2.45) is 11.8 Å². The minimum atomic E-state index is 0.675. The first-order valence-corrected chi connectivity index (χ1v) is 8.08. The van der Waals surface area contributed by atoms with E-state index in [0.717, 1.165) is 36.5 Å². The van der Waals surface area contributed by atoms with Crippen LogP contribution in [0.15, 0.2) is 24.3 Å². The summed E-state index contributed by atoms with van der Waals surface area (Å²) in [5.74, 6) is 3.49. The van der Waals surface area contributed by atoms with Gasteiger partial charge < -0.3 is 14.8 Å². The normalized spacial score (nSPS) is 28.6. The Hall–Kier alpha value is -1.26. The molecule has 2 heterocycles. The summed E-state index contributed by atoms with van der Waals surface area (Å²) in [6, 6.07) is 8.57. The van der Waals surface area contributed by atoms with Crippen molar-refractivity contribution >= 4 is 0 Å². The van der Waals surface area contributed by atoms with E-state index in [-0.39, 0.29) is 0 Å². The Labute approximate surface area is 127 Å². The zero-order chi connectivity index (χ0) is 14.7. The molecule has 116 valence electrons. The number of nitrogens with one attached hydrogen (secondary N) is 1. The summed E-state index contributed by atoms with van der Waals surface area (Å²) in [7, 11) is 0. The summed E-state index contributed by atoms with van der Waals surface area (Å²) in [6.45, 7) is 10.4. The number of nitrogens with zero attached hydrogens (tertiary/aromatic N) is 1. The van der Waals surface area contributed by atoms with Crippen molar-refractivity contribution in [3.05, 3.63) is 24.3 Å². The molecule has 0 saturated carbocycles. The second-order valence-corrected chi connectivity index (χ2v) is 6.07. The molecule has 2 saturated heterocycles. The molecule has 0 aromatic heterocycles. The molecule has 3 atom stereocenters. The van der Waals surface area contributed by atoms with Gasteiger partial charge in [0.15, 0.2) is 0 Å². The topological polar surface area (TPSA) is 33.7 Å². The minimum absolute atomic E-state index is 0.675. The van der Waals surface area contributed by atoms with Crippen LogP contribution in [0.4, 0.5) is 0 Å². The van der Waals surface area contributed by atoms with Crippen LogP contribution in [0.25, 0.3) is 0 Å². The maximum absolute atomic E-state index is 5.86. The molecule has 4 nitrogen and oxygen atoms in total. The molecule has 0 radical (unpaired) electrons. The predicted octanol–water partition coefficient (Wildman–Crippen LogP) is 2.00. The Kier molecular flexibility index (Phi) is 4.66. The van der Waals surface area contributed by atoms with Crippen LogP contribution in [0.1, 0.15) is 13.8 Å². The quantitative estimate of drug-likeness (QED) is 0.869. The van der Waals surface area contributed by atoms with Crippen LogP contribution < -0.4 is 14.8 Å². The standard InChI is InChI=1S/C17H26N2O2/c1-3-20-15-4-6-16(7-5-15)21-9-8-19-12-14-10-18-11-17(14)13(19)2/h4-7,13-14,17-18H,3,8-12H2,1-2H3. The molecule has 1 N–H and O–H groups in total. The molecule has 0 spiro atoms. The monoisotopic (exact) mass is 290 g/mol. The third-order valence-electron chi connectivity index (χ3n) is 4.84. The molecule has 0 aliphatic carbocycles. The fourth-order valence-electron chi connectivity index (χ4n) is 3.63. The van der Waals surface area contributed by atoms with Crippen LogP contribution in [0, 0.1) is 11.8 Å². The summed E-state index contributed by atoms with van der Waals surface area (Å²) in [4.78, 5) is 2.57. The first-order chi connectivity index (χ1) is 10.3. The minimum Gasteiger partial charge on any atom is -0.494 e. The van der Waals surface area contributed by atoms with Gasteiger partial charge in [0.25, 0.3) is 0 Å². The Balaban J connectivity index is 1.44. The van der Waals surface area contributed by atoms with Gasteiger partial charge in [0.05, 0.1) is 6.61 Å². The van der Waals surface area contributed by atoms with Crippen molar-refractivity contribution in [3.63, 3.8) is 0 Å². The number of hydrogen-bond acceptors (Lipinski definition) is 4. The largest absolute Gasteiger partial charge is 0.494 e. The Morgan fingerprint density at radius 3 is 2.52 bits per heavy atom. The highest BCUT2D eigenvalue weighted by Crippen LogP contribution is 2.31. The molecule has 2 aliphatic rings. The fraction of sp³-hybridized carbons (Fsp3) is 0.647. The van der Waals surface area contributed by atoms with Gasteiger partial charge in [0.2, 0.25) is 0 Å². The summed E-state index contributed by atoms with van der Waals surface area (Å²) >= 11 is 0. The lowest BCUT2D eigenvalue weighted by atomic mass is 9.95. The van der Waals surface area contributed by atoms with Gasteiger partial charge in [-0.1, -0.05) is 0 Å². The highest BCUT2D eigenvalue weighted by Gasteiger charge is 2.41. The molecular weight excluding hydrogens is 264 g/mol. The van der Waals surface area contributed by atoms with Crippen molar-refractivity contribution in [1.29, 1.82) is 0 Å². The van der Waals surface area contributed by atoms with E-state index in [1.165, 1.54) is 19.6 Å². The van der Waals surface area contributed by atoms with Crippen molar-refractivity contribution in [2.45, 2.75) is 19.9 Å². The van der Waals surface area contributed by atoms with Gasteiger partial charge in [0.1, 0.15) is 18.1 Å². The Bertz CT molecular complexity index is 449. The maximum Gasteiger partial charge on any atom is 0.119 e. The van der Waals surface area contributed by atoms with Crippen LogP contribution in [-0.2, 0) is 0 Å². The van der Waals surface area contributed by atoms with Gasteiger partial charge in [-0.3, -0.25) is 4.90 Å². The molecule has 1 aromatic rings. The van der Waals surface area contributed by atoms with E-state index in [2.05, 4.69) is 17.1 Å². The predicted molar refractivity (Wildman–Crippen MR) is 84.0 cm³/mol. The number of ether oxygens (including phenoxy) is 2.